The quantitative estimate of drug-likeness (QED) is 0.832. The van der Waals surface area contributed by atoms with E-state index < -0.39 is 11.7 Å². The molecule has 2 rings (SSSR count). The number of carbonyl (C=O) groups excluding carboxylic acids is 1. The molecule has 1 N–H and O–H groups in total. The van der Waals surface area contributed by atoms with E-state index in [9.17, 15) is 4.79 Å². The lowest BCUT2D eigenvalue weighted by Crippen LogP contribution is -2.27. The minimum atomic E-state index is -0.566. The van der Waals surface area contributed by atoms with E-state index in [1.165, 1.54) is 11.3 Å². The number of anilines is 1. The van der Waals surface area contributed by atoms with Crippen LogP contribution in [0, 0.1) is 0 Å². The van der Waals surface area contributed by atoms with Gasteiger partial charge in [-0.3, -0.25) is 5.32 Å². The van der Waals surface area contributed by atoms with Crippen LogP contribution in [0.25, 0.3) is 10.8 Å². The number of rotatable bonds is 3. The third-order valence-electron chi connectivity index (χ3n) is 2.06. The topological polar surface area (TPSA) is 89.9 Å². The Balaban J connectivity index is 2.12. The molecular weight excluding hydrogens is 358 g/mol. The summed E-state index contributed by atoms with van der Waals surface area (Å²) in [7, 11) is 0. The van der Waals surface area contributed by atoms with Gasteiger partial charge >= 0.3 is 6.09 Å². The first kappa shape index (κ1) is 15.8. The Morgan fingerprint density at radius 1 is 1.43 bits per heavy atom. The van der Waals surface area contributed by atoms with Gasteiger partial charge in [-0.25, -0.2) is 14.8 Å². The maximum absolute atomic E-state index is 11.7. The van der Waals surface area contributed by atoms with Crippen LogP contribution in [0.5, 0.6) is 0 Å². The van der Waals surface area contributed by atoms with Crippen molar-refractivity contribution in [1.82, 2.24) is 20.2 Å². The second-order valence-corrected chi connectivity index (χ2v) is 6.65. The molecule has 0 saturated carbocycles. The van der Waals surface area contributed by atoms with Crippen LogP contribution in [0.2, 0.25) is 0 Å². The molecule has 0 radical (unpaired) electrons. The number of nitrogens with one attached hydrogen (secondary N) is 1. The molecule has 0 aliphatic rings. The number of hydrogen-bond acceptors (Lipinski definition) is 7. The van der Waals surface area contributed by atoms with Crippen LogP contribution < -0.4 is 5.32 Å². The van der Waals surface area contributed by atoms with Crippen molar-refractivity contribution in [2.75, 3.05) is 5.32 Å². The van der Waals surface area contributed by atoms with Crippen LogP contribution in [0.4, 0.5) is 10.6 Å². The van der Waals surface area contributed by atoms with E-state index in [0.29, 0.717) is 22.0 Å². The van der Waals surface area contributed by atoms with Crippen LogP contribution in [0.3, 0.4) is 0 Å². The molecule has 0 unspecified atom stereocenters. The van der Waals surface area contributed by atoms with Crippen LogP contribution in [0.1, 0.15) is 25.8 Å². The van der Waals surface area contributed by atoms with Crippen LogP contribution in [0.15, 0.2) is 12.3 Å². The molecule has 0 spiro atoms. The summed E-state index contributed by atoms with van der Waals surface area (Å²) >= 11 is 4.70. The normalized spacial score (nSPS) is 11.2. The Hall–Kier alpha value is -1.61. The summed E-state index contributed by atoms with van der Waals surface area (Å²) in [6, 6.07) is 1.58. The number of alkyl halides is 1. The molecule has 0 aromatic carbocycles. The van der Waals surface area contributed by atoms with E-state index in [0.717, 1.165) is 5.01 Å². The van der Waals surface area contributed by atoms with E-state index in [1.807, 2.05) is 0 Å². The Kier molecular flexibility index (Phi) is 4.84. The maximum atomic E-state index is 11.7. The van der Waals surface area contributed by atoms with Crippen LogP contribution in [-0.4, -0.2) is 31.9 Å². The SMILES string of the molecule is CC(C)(C)OC(=O)Nc1ccnc(-c2nnc(CBr)s2)n1. The van der Waals surface area contributed by atoms with Crippen molar-refractivity contribution < 1.29 is 9.53 Å². The van der Waals surface area contributed by atoms with Crippen molar-refractivity contribution in [2.45, 2.75) is 31.7 Å². The van der Waals surface area contributed by atoms with Gasteiger partial charge in [0, 0.05) is 6.20 Å². The minimum absolute atomic E-state index is 0.352. The van der Waals surface area contributed by atoms with E-state index in [4.69, 9.17) is 4.74 Å². The highest BCUT2D eigenvalue weighted by Gasteiger charge is 2.17. The smallest absolute Gasteiger partial charge is 0.413 e. The van der Waals surface area contributed by atoms with Gasteiger partial charge in [0.15, 0.2) is 10.8 Å². The van der Waals surface area contributed by atoms with Crippen molar-refractivity contribution in [3.05, 3.63) is 17.3 Å². The zero-order valence-corrected chi connectivity index (χ0v) is 14.2. The molecule has 9 heteroatoms. The fourth-order valence-corrected chi connectivity index (χ4v) is 2.42. The lowest BCUT2D eigenvalue weighted by Gasteiger charge is -2.19. The molecule has 0 aliphatic carbocycles. The molecule has 112 valence electrons. The lowest BCUT2D eigenvalue weighted by molar-refractivity contribution is 0.0635. The Morgan fingerprint density at radius 3 is 2.81 bits per heavy atom. The predicted molar refractivity (Wildman–Crippen MR) is 83.4 cm³/mol. The van der Waals surface area contributed by atoms with Gasteiger partial charge in [0.2, 0.25) is 0 Å². The number of nitrogens with zero attached hydrogens (tertiary/aromatic N) is 4. The highest BCUT2D eigenvalue weighted by Crippen LogP contribution is 2.22. The lowest BCUT2D eigenvalue weighted by atomic mass is 10.2. The molecule has 2 aromatic heterocycles. The van der Waals surface area contributed by atoms with E-state index in [1.54, 1.807) is 33.0 Å². The average Bonchev–Trinajstić information content (AvgIpc) is 2.85. The van der Waals surface area contributed by atoms with Gasteiger partial charge < -0.3 is 4.74 Å². The zero-order chi connectivity index (χ0) is 15.5. The summed E-state index contributed by atoms with van der Waals surface area (Å²) in [4.78, 5) is 20.1. The highest BCUT2D eigenvalue weighted by atomic mass is 79.9. The molecule has 0 aliphatic heterocycles. The van der Waals surface area contributed by atoms with Crippen LogP contribution >= 0.6 is 27.3 Å². The van der Waals surface area contributed by atoms with Gasteiger partial charge in [-0.15, -0.1) is 10.2 Å². The third kappa shape index (κ3) is 4.71. The van der Waals surface area contributed by atoms with E-state index in [-0.39, 0.29) is 0 Å². The predicted octanol–water partition coefficient (Wildman–Crippen LogP) is 3.24. The number of hydrogen-bond donors (Lipinski definition) is 1. The Bertz CT molecular complexity index is 641. The monoisotopic (exact) mass is 371 g/mol. The second-order valence-electron chi connectivity index (χ2n) is 5.03. The van der Waals surface area contributed by atoms with Gasteiger partial charge in [-0.1, -0.05) is 27.3 Å². The largest absolute Gasteiger partial charge is 0.444 e. The summed E-state index contributed by atoms with van der Waals surface area (Å²) in [6.45, 7) is 5.38. The first-order valence-corrected chi connectivity index (χ1v) is 8.03. The molecule has 0 fully saturated rings. The van der Waals surface area contributed by atoms with Gasteiger partial charge in [0.25, 0.3) is 0 Å². The molecule has 1 amide bonds. The average molecular weight is 372 g/mol. The Morgan fingerprint density at radius 2 is 2.19 bits per heavy atom. The summed E-state index contributed by atoms with van der Waals surface area (Å²) < 4.78 is 5.17. The van der Waals surface area contributed by atoms with Gasteiger partial charge in [-0.2, -0.15) is 0 Å². The molecule has 0 saturated heterocycles. The Labute approximate surface area is 134 Å². The fraction of sp³-hybridized carbons (Fsp3) is 0.417. The molecular formula is C12H14BrN5O2S. The van der Waals surface area contributed by atoms with Crippen molar-refractivity contribution in [3.63, 3.8) is 0 Å². The van der Waals surface area contributed by atoms with E-state index in [2.05, 4.69) is 41.4 Å². The second kappa shape index (κ2) is 6.44. The van der Waals surface area contributed by atoms with Crippen molar-refractivity contribution in [3.8, 4) is 10.8 Å². The summed E-state index contributed by atoms with van der Waals surface area (Å²) in [5.41, 5.74) is -0.566. The van der Waals surface area contributed by atoms with Crippen molar-refractivity contribution in [1.29, 1.82) is 0 Å². The van der Waals surface area contributed by atoms with Crippen LogP contribution in [-0.2, 0) is 10.1 Å². The molecule has 7 nitrogen and oxygen atoms in total. The summed E-state index contributed by atoms with van der Waals surface area (Å²) in [6.07, 6.45) is 0.982. The summed E-state index contributed by atoms with van der Waals surface area (Å²) in [5, 5.41) is 12.6. The highest BCUT2D eigenvalue weighted by molar-refractivity contribution is 9.08. The molecule has 21 heavy (non-hydrogen) atoms. The summed E-state index contributed by atoms with van der Waals surface area (Å²) in [5.74, 6) is 0.762. The molecule has 2 heterocycles. The number of amides is 1. The number of aromatic nitrogens is 4. The molecule has 2 aromatic rings. The maximum Gasteiger partial charge on any atom is 0.413 e. The standard InChI is InChI=1S/C12H14BrN5O2S/c1-12(2,3)20-11(19)16-7-4-5-14-9(15-7)10-18-17-8(6-13)21-10/h4-5H,6H2,1-3H3,(H,14,15,16,19). The first-order chi connectivity index (χ1) is 9.87. The van der Waals surface area contributed by atoms with Crippen molar-refractivity contribution in [2.24, 2.45) is 0 Å². The minimum Gasteiger partial charge on any atom is -0.444 e. The first-order valence-electron chi connectivity index (χ1n) is 6.09. The van der Waals surface area contributed by atoms with Gasteiger partial charge in [-0.05, 0) is 26.8 Å². The van der Waals surface area contributed by atoms with E-state index >= 15 is 0 Å². The number of ether oxygens (including phenoxy) is 1. The number of halogens is 1. The molecule has 0 bridgehead atoms. The fourth-order valence-electron chi connectivity index (χ4n) is 1.34. The zero-order valence-electron chi connectivity index (χ0n) is 11.8. The molecule has 0 atom stereocenters. The van der Waals surface area contributed by atoms with Gasteiger partial charge in [0.05, 0.1) is 5.33 Å². The van der Waals surface area contributed by atoms with Gasteiger partial charge in [0.1, 0.15) is 16.4 Å². The number of carbonyl (C=O) groups is 1. The van der Waals surface area contributed by atoms with Crippen molar-refractivity contribution >= 4 is 39.2 Å². The third-order valence-corrected chi connectivity index (χ3v) is 3.88.